The van der Waals surface area contributed by atoms with Crippen molar-refractivity contribution in [1.29, 1.82) is 0 Å². The van der Waals surface area contributed by atoms with Crippen LogP contribution < -0.4 is 0 Å². The summed E-state index contributed by atoms with van der Waals surface area (Å²) < 4.78 is 27.0. The maximum Gasteiger partial charge on any atom is 0.309 e. The Morgan fingerprint density at radius 2 is 1.43 bits per heavy atom. The molecule has 1 rings (SSSR count). The molecular formula is C47H85NO6SSi3. The fraction of sp³-hybridized carbons (Fsp3) is 0.723. The van der Waals surface area contributed by atoms with Crippen molar-refractivity contribution in [1.82, 2.24) is 4.98 Å². The first-order valence-corrected chi connectivity index (χ1v) is 31.0. The highest BCUT2D eigenvalue weighted by Crippen LogP contribution is 2.42. The molecule has 0 bridgehead atoms. The number of hydrogen-bond acceptors (Lipinski definition) is 8. The van der Waals surface area contributed by atoms with Gasteiger partial charge in [0, 0.05) is 23.1 Å². The standard InChI is InChI=1S/C47H85NO6SSi3/c1-22-27-34(6)28-29-39(36(8)30-38-33-55-41(48-38)32-51-56(18,19)45(10,11)12)52-42(49)31-40(53-58(24-3,25-4)26-5)47(16,17)44(50)37(9)43(35(7)23-2)54-57(20,21)46(13,14)15/h22-23,28,30,33,35,37,39-40,43H,1-2,24-27,29,31-32H2,3-21H3/b34-28-,36-30+/t35-,37?,39?,40-,43-/m0/s1. The summed E-state index contributed by atoms with van der Waals surface area (Å²) in [6.45, 7) is 49.3. The lowest BCUT2D eigenvalue weighted by Gasteiger charge is -2.45. The van der Waals surface area contributed by atoms with Crippen LogP contribution in [0.15, 0.2) is 47.9 Å². The van der Waals surface area contributed by atoms with E-state index in [1.807, 2.05) is 51.3 Å². The van der Waals surface area contributed by atoms with Crippen molar-refractivity contribution in [3.63, 3.8) is 0 Å². The normalized spacial score (nSPS) is 16.7. The van der Waals surface area contributed by atoms with E-state index in [2.05, 4.69) is 122 Å². The molecule has 1 heterocycles. The second-order valence-electron chi connectivity index (χ2n) is 20.2. The molecule has 0 amide bonds. The van der Waals surface area contributed by atoms with Crippen LogP contribution in [0.2, 0.25) is 54.4 Å². The Kier molecular flexibility index (Phi) is 20.9. The SMILES string of the molecule is C=CC/C(C)=C\CC(OC(=O)C[C@H](O[Si](CC)(CC)CC)C(C)(C)C(=O)C(C)[C@@H](O[Si](C)(C)C(C)(C)C)[C@@H](C)C=C)/C(C)=C/c1csc(CO[Si](C)(C)C(C)(C)C)n1. The van der Waals surface area contributed by atoms with Gasteiger partial charge in [-0.1, -0.05) is 114 Å². The predicted octanol–water partition coefficient (Wildman–Crippen LogP) is 14.1. The molecule has 0 aliphatic carbocycles. The summed E-state index contributed by atoms with van der Waals surface area (Å²) in [6.07, 6.45) is 7.57. The number of allylic oxidation sites excluding steroid dienone is 2. The Balaban J connectivity index is 3.63. The molecule has 0 saturated carbocycles. The molecule has 0 aliphatic rings. The molecule has 0 aliphatic heterocycles. The van der Waals surface area contributed by atoms with Crippen molar-refractivity contribution < 1.29 is 27.6 Å². The van der Waals surface area contributed by atoms with Crippen molar-refractivity contribution in [2.24, 2.45) is 17.3 Å². The first-order chi connectivity index (χ1) is 26.5. The van der Waals surface area contributed by atoms with Gasteiger partial charge in [0.1, 0.15) is 16.9 Å². The minimum atomic E-state index is -2.28. The lowest BCUT2D eigenvalue weighted by atomic mass is 9.73. The average molecular weight is 877 g/mol. The Labute approximate surface area is 363 Å². The number of thiazole rings is 1. The van der Waals surface area contributed by atoms with Gasteiger partial charge < -0.3 is 18.0 Å². The predicted molar refractivity (Wildman–Crippen MR) is 257 cm³/mol. The summed E-state index contributed by atoms with van der Waals surface area (Å²) >= 11 is 1.58. The maximum absolute atomic E-state index is 14.9. The van der Waals surface area contributed by atoms with Gasteiger partial charge in [-0.2, -0.15) is 0 Å². The minimum absolute atomic E-state index is 0.0291. The van der Waals surface area contributed by atoms with E-state index in [0.29, 0.717) is 13.0 Å². The largest absolute Gasteiger partial charge is 0.457 e. The molecule has 0 spiro atoms. The molecule has 1 aromatic heterocycles. The molecule has 0 aromatic carbocycles. The molecule has 0 N–H and O–H groups in total. The van der Waals surface area contributed by atoms with Crippen molar-refractivity contribution in [2.75, 3.05) is 0 Å². The van der Waals surface area contributed by atoms with Gasteiger partial charge in [0.25, 0.3) is 0 Å². The summed E-state index contributed by atoms with van der Waals surface area (Å²) in [6, 6.07) is 2.68. The van der Waals surface area contributed by atoms with E-state index < -0.39 is 48.5 Å². The minimum Gasteiger partial charge on any atom is -0.457 e. The number of ether oxygens (including phenoxy) is 1. The zero-order valence-corrected chi connectivity index (χ0v) is 44.3. The van der Waals surface area contributed by atoms with Gasteiger partial charge in [0.2, 0.25) is 0 Å². The van der Waals surface area contributed by atoms with Crippen LogP contribution in [0.5, 0.6) is 0 Å². The van der Waals surface area contributed by atoms with Crippen LogP contribution in [0.1, 0.15) is 134 Å². The van der Waals surface area contributed by atoms with Gasteiger partial charge in [0.05, 0.1) is 30.9 Å². The molecule has 0 fully saturated rings. The number of carbonyl (C=O) groups is 2. The van der Waals surface area contributed by atoms with Crippen LogP contribution in [0.3, 0.4) is 0 Å². The van der Waals surface area contributed by atoms with Crippen LogP contribution >= 0.6 is 11.3 Å². The Hall–Kier alpha value is -1.74. The fourth-order valence-electron chi connectivity index (χ4n) is 6.50. The molecule has 0 saturated heterocycles. The number of nitrogens with zero attached hydrogens (tertiary/aromatic N) is 1. The van der Waals surface area contributed by atoms with Crippen LogP contribution in [-0.2, 0) is 34.2 Å². The van der Waals surface area contributed by atoms with Crippen molar-refractivity contribution >= 4 is 54.1 Å². The smallest absolute Gasteiger partial charge is 0.309 e. The zero-order valence-electron chi connectivity index (χ0n) is 40.4. The molecule has 0 radical (unpaired) electrons. The topological polar surface area (TPSA) is 84.0 Å². The number of aromatic nitrogens is 1. The Morgan fingerprint density at radius 3 is 1.91 bits per heavy atom. The quantitative estimate of drug-likeness (QED) is 0.0549. The number of ketones is 1. The van der Waals surface area contributed by atoms with Gasteiger partial charge in [-0.15, -0.1) is 24.5 Å². The second-order valence-corrected chi connectivity index (χ2v) is 35.5. The van der Waals surface area contributed by atoms with Gasteiger partial charge in [-0.3, -0.25) is 9.59 Å². The Bertz CT molecular complexity index is 1550. The van der Waals surface area contributed by atoms with E-state index in [0.717, 1.165) is 46.4 Å². The van der Waals surface area contributed by atoms with Crippen LogP contribution in [-0.4, -0.2) is 60.0 Å². The lowest BCUT2D eigenvalue weighted by Crippen LogP contribution is -2.53. The van der Waals surface area contributed by atoms with E-state index in [1.54, 1.807) is 11.3 Å². The highest BCUT2D eigenvalue weighted by atomic mass is 32.1. The van der Waals surface area contributed by atoms with E-state index in [1.165, 1.54) is 0 Å². The van der Waals surface area contributed by atoms with E-state index in [9.17, 15) is 9.59 Å². The summed E-state index contributed by atoms with van der Waals surface area (Å²) in [5.41, 5.74) is 1.86. The van der Waals surface area contributed by atoms with Crippen LogP contribution in [0, 0.1) is 17.3 Å². The number of Topliss-reactive ketones (excluding diaryl/α,β-unsaturated/α-hetero) is 1. The number of carbonyl (C=O) groups excluding carboxylic acids is 2. The lowest BCUT2D eigenvalue weighted by molar-refractivity contribution is -0.153. The van der Waals surface area contributed by atoms with Gasteiger partial charge >= 0.3 is 5.97 Å². The van der Waals surface area contributed by atoms with Crippen LogP contribution in [0.25, 0.3) is 6.08 Å². The third-order valence-electron chi connectivity index (χ3n) is 13.4. The van der Waals surface area contributed by atoms with E-state index in [4.69, 9.17) is 23.0 Å². The highest BCUT2D eigenvalue weighted by Gasteiger charge is 2.49. The van der Waals surface area contributed by atoms with Gasteiger partial charge in [-0.25, -0.2) is 4.98 Å². The zero-order chi connectivity index (χ0) is 45.1. The summed E-state index contributed by atoms with van der Waals surface area (Å²) in [5.74, 6) is -0.851. The molecule has 5 atom stereocenters. The molecule has 11 heteroatoms. The van der Waals surface area contributed by atoms with Crippen LogP contribution in [0.4, 0.5) is 0 Å². The summed E-state index contributed by atoms with van der Waals surface area (Å²) in [5, 5.41) is 3.04. The van der Waals surface area contributed by atoms with Gasteiger partial charge in [0.15, 0.2) is 25.0 Å². The van der Waals surface area contributed by atoms with Gasteiger partial charge in [-0.05, 0) is 92.2 Å². The maximum atomic E-state index is 14.9. The Morgan fingerprint density at radius 1 is 0.879 bits per heavy atom. The third-order valence-corrected chi connectivity index (χ3v) is 27.8. The van der Waals surface area contributed by atoms with Crippen molar-refractivity contribution in [2.45, 2.75) is 202 Å². The molecule has 2 unspecified atom stereocenters. The fourth-order valence-corrected chi connectivity index (χ4v) is 12.6. The first kappa shape index (κ1) is 54.3. The summed E-state index contributed by atoms with van der Waals surface area (Å²) in [7, 11) is -6.45. The average Bonchev–Trinajstić information content (AvgIpc) is 3.58. The molecule has 332 valence electrons. The van der Waals surface area contributed by atoms with Crippen molar-refractivity contribution in [3.05, 3.63) is 58.6 Å². The number of rotatable bonds is 25. The molecule has 1 aromatic rings. The highest BCUT2D eigenvalue weighted by molar-refractivity contribution is 7.09. The summed E-state index contributed by atoms with van der Waals surface area (Å²) in [4.78, 5) is 34.1. The molecule has 58 heavy (non-hydrogen) atoms. The second kappa shape index (κ2) is 22.4. The third kappa shape index (κ3) is 15.3. The number of hydrogen-bond donors (Lipinski definition) is 0. The molecule has 7 nitrogen and oxygen atoms in total. The monoisotopic (exact) mass is 876 g/mol. The molecular weight excluding hydrogens is 791 g/mol. The van der Waals surface area contributed by atoms with E-state index in [-0.39, 0.29) is 40.3 Å². The van der Waals surface area contributed by atoms with Crippen molar-refractivity contribution in [3.8, 4) is 0 Å². The first-order valence-electron chi connectivity index (χ1n) is 21.7. The number of esters is 1. The van der Waals surface area contributed by atoms with E-state index >= 15 is 0 Å².